The van der Waals surface area contributed by atoms with Crippen LogP contribution in [0.5, 0.6) is 5.75 Å². The molecule has 156 valence electrons. The molecule has 8 heteroatoms. The number of carbonyl (C=O) groups is 1. The van der Waals surface area contributed by atoms with Gasteiger partial charge in [0.05, 0.1) is 18.5 Å². The average molecular weight is 426 g/mol. The molecule has 1 aliphatic rings. The highest BCUT2D eigenvalue weighted by molar-refractivity contribution is 7.92. The van der Waals surface area contributed by atoms with Gasteiger partial charge in [-0.2, -0.15) is 0 Å². The van der Waals surface area contributed by atoms with Gasteiger partial charge in [0.25, 0.3) is 5.91 Å². The summed E-state index contributed by atoms with van der Waals surface area (Å²) >= 11 is 0. The monoisotopic (exact) mass is 425 g/mol. The zero-order valence-corrected chi connectivity index (χ0v) is 17.5. The van der Waals surface area contributed by atoms with Crippen LogP contribution in [0, 0.1) is 0 Å². The molecule has 7 nitrogen and oxygen atoms in total. The van der Waals surface area contributed by atoms with Crippen molar-refractivity contribution in [2.75, 3.05) is 30.3 Å². The van der Waals surface area contributed by atoms with Gasteiger partial charge in [-0.15, -0.1) is 0 Å². The number of fused-ring (bicyclic) bond motifs is 2. The van der Waals surface area contributed by atoms with E-state index in [4.69, 9.17) is 4.74 Å². The van der Waals surface area contributed by atoms with E-state index in [0.717, 1.165) is 29.3 Å². The van der Waals surface area contributed by atoms with Crippen molar-refractivity contribution in [3.8, 4) is 5.75 Å². The standard InChI is InChI=1S/C22H23N3O4S/c1-30(27,28)25-13-4-7-17-15-18(9-10-19(17)25)22(26)24-12-14-29-20-8-2-5-16-6-3-11-23-21(16)20/h2-3,5-6,8-11,15H,4,7,12-14H2,1H3,(H,24,26). The fourth-order valence-corrected chi connectivity index (χ4v) is 4.66. The second-order valence-electron chi connectivity index (χ2n) is 7.22. The smallest absolute Gasteiger partial charge is 0.251 e. The normalized spacial score (nSPS) is 13.7. The molecule has 0 bridgehead atoms. The van der Waals surface area contributed by atoms with E-state index >= 15 is 0 Å². The molecule has 1 amide bonds. The zero-order chi connectivity index (χ0) is 21.1. The van der Waals surface area contributed by atoms with E-state index < -0.39 is 10.0 Å². The fourth-order valence-electron chi connectivity index (χ4n) is 3.67. The highest BCUT2D eigenvalue weighted by Gasteiger charge is 2.24. The number of hydrogen-bond donors (Lipinski definition) is 1. The summed E-state index contributed by atoms with van der Waals surface area (Å²) in [4.78, 5) is 16.9. The van der Waals surface area contributed by atoms with Crippen LogP contribution >= 0.6 is 0 Å². The number of amides is 1. The first-order valence-corrected chi connectivity index (χ1v) is 11.6. The Morgan fingerprint density at radius 2 is 2.03 bits per heavy atom. The van der Waals surface area contributed by atoms with Crippen LogP contribution in [0.25, 0.3) is 10.9 Å². The summed E-state index contributed by atoms with van der Waals surface area (Å²) in [5.74, 6) is 0.464. The van der Waals surface area contributed by atoms with Gasteiger partial charge in [0.1, 0.15) is 17.9 Å². The molecule has 2 aromatic carbocycles. The molecule has 0 radical (unpaired) electrons. The van der Waals surface area contributed by atoms with Gasteiger partial charge in [-0.05, 0) is 48.7 Å². The molecule has 0 unspecified atom stereocenters. The Hall–Kier alpha value is -3.13. The number of aromatic nitrogens is 1. The minimum atomic E-state index is -3.32. The number of pyridine rings is 1. The molecule has 1 aliphatic heterocycles. The van der Waals surface area contributed by atoms with E-state index in [-0.39, 0.29) is 5.91 Å². The van der Waals surface area contributed by atoms with Crippen LogP contribution in [0.3, 0.4) is 0 Å². The lowest BCUT2D eigenvalue weighted by Gasteiger charge is -2.29. The Bertz CT molecular complexity index is 1190. The summed E-state index contributed by atoms with van der Waals surface area (Å²) in [7, 11) is -3.32. The van der Waals surface area contributed by atoms with Crippen LogP contribution in [0.15, 0.2) is 54.7 Å². The highest BCUT2D eigenvalue weighted by Crippen LogP contribution is 2.30. The van der Waals surface area contributed by atoms with E-state index in [2.05, 4.69) is 10.3 Å². The van der Waals surface area contributed by atoms with Gasteiger partial charge in [-0.1, -0.05) is 18.2 Å². The molecule has 30 heavy (non-hydrogen) atoms. The molecule has 0 saturated heterocycles. The van der Waals surface area contributed by atoms with Crippen LogP contribution in [-0.2, 0) is 16.4 Å². The molecular formula is C22H23N3O4S. The fraction of sp³-hybridized carbons (Fsp3) is 0.273. The number of benzene rings is 2. The SMILES string of the molecule is CS(=O)(=O)N1CCCc2cc(C(=O)NCCOc3cccc4cccnc34)ccc21. The Kier molecular flexibility index (Phi) is 5.59. The maximum atomic E-state index is 12.5. The summed E-state index contributed by atoms with van der Waals surface area (Å²) in [5, 5.41) is 3.85. The van der Waals surface area contributed by atoms with Crippen molar-refractivity contribution in [2.45, 2.75) is 12.8 Å². The molecule has 1 aromatic heterocycles. The van der Waals surface area contributed by atoms with Crippen LogP contribution in [-0.4, -0.2) is 45.3 Å². The quantitative estimate of drug-likeness (QED) is 0.614. The van der Waals surface area contributed by atoms with Crippen molar-refractivity contribution < 1.29 is 17.9 Å². The van der Waals surface area contributed by atoms with E-state index in [0.29, 0.717) is 36.7 Å². The van der Waals surface area contributed by atoms with E-state index in [1.165, 1.54) is 10.6 Å². The molecule has 0 fully saturated rings. The molecule has 0 saturated carbocycles. The minimum absolute atomic E-state index is 0.214. The van der Waals surface area contributed by atoms with Crippen molar-refractivity contribution >= 4 is 32.5 Å². The number of aryl methyl sites for hydroxylation is 1. The lowest BCUT2D eigenvalue weighted by Crippen LogP contribution is -2.35. The Morgan fingerprint density at radius 1 is 1.20 bits per heavy atom. The molecule has 2 heterocycles. The van der Waals surface area contributed by atoms with E-state index in [1.807, 2.05) is 30.3 Å². The number of nitrogens with one attached hydrogen (secondary N) is 1. The number of ether oxygens (including phenoxy) is 1. The Morgan fingerprint density at radius 3 is 2.87 bits per heavy atom. The highest BCUT2D eigenvalue weighted by atomic mass is 32.2. The maximum absolute atomic E-state index is 12.5. The third-order valence-electron chi connectivity index (χ3n) is 5.06. The maximum Gasteiger partial charge on any atom is 0.251 e. The lowest BCUT2D eigenvalue weighted by atomic mass is 10.0. The van der Waals surface area contributed by atoms with Crippen LogP contribution < -0.4 is 14.4 Å². The van der Waals surface area contributed by atoms with Crippen LogP contribution in [0.4, 0.5) is 5.69 Å². The molecule has 0 spiro atoms. The first-order chi connectivity index (χ1) is 14.4. The molecular weight excluding hydrogens is 402 g/mol. The van der Waals surface area contributed by atoms with Crippen molar-refractivity contribution in [1.29, 1.82) is 0 Å². The summed E-state index contributed by atoms with van der Waals surface area (Å²) in [6, 6.07) is 14.7. The van der Waals surface area contributed by atoms with Crippen molar-refractivity contribution in [3.05, 3.63) is 65.9 Å². The predicted molar refractivity (Wildman–Crippen MR) is 117 cm³/mol. The van der Waals surface area contributed by atoms with Gasteiger partial charge in [-0.3, -0.25) is 14.1 Å². The van der Waals surface area contributed by atoms with Gasteiger partial charge in [0.2, 0.25) is 10.0 Å². The second kappa shape index (κ2) is 8.31. The van der Waals surface area contributed by atoms with Gasteiger partial charge < -0.3 is 10.1 Å². The average Bonchev–Trinajstić information content (AvgIpc) is 2.75. The number of hydrogen-bond acceptors (Lipinski definition) is 5. The summed E-state index contributed by atoms with van der Waals surface area (Å²) < 4.78 is 31.1. The topological polar surface area (TPSA) is 88.6 Å². The van der Waals surface area contributed by atoms with Gasteiger partial charge >= 0.3 is 0 Å². The Balaban J connectivity index is 1.38. The molecule has 1 N–H and O–H groups in total. The van der Waals surface area contributed by atoms with Crippen molar-refractivity contribution in [1.82, 2.24) is 10.3 Å². The number of nitrogens with zero attached hydrogens (tertiary/aromatic N) is 2. The number of rotatable bonds is 6. The largest absolute Gasteiger partial charge is 0.489 e. The van der Waals surface area contributed by atoms with Gasteiger partial charge in [0, 0.05) is 23.7 Å². The van der Waals surface area contributed by atoms with Crippen molar-refractivity contribution in [3.63, 3.8) is 0 Å². The number of carbonyl (C=O) groups excluding carboxylic acids is 1. The van der Waals surface area contributed by atoms with Crippen molar-refractivity contribution in [2.24, 2.45) is 0 Å². The molecule has 0 aliphatic carbocycles. The first kappa shape index (κ1) is 20.2. The zero-order valence-electron chi connectivity index (χ0n) is 16.7. The first-order valence-electron chi connectivity index (χ1n) is 9.79. The van der Waals surface area contributed by atoms with Crippen LogP contribution in [0.2, 0.25) is 0 Å². The van der Waals surface area contributed by atoms with Crippen LogP contribution in [0.1, 0.15) is 22.3 Å². The Labute approximate surface area is 175 Å². The van der Waals surface area contributed by atoms with E-state index in [9.17, 15) is 13.2 Å². The summed E-state index contributed by atoms with van der Waals surface area (Å²) in [5.41, 5.74) is 2.83. The van der Waals surface area contributed by atoms with Gasteiger partial charge in [-0.25, -0.2) is 8.42 Å². The summed E-state index contributed by atoms with van der Waals surface area (Å²) in [6.45, 7) is 1.13. The number of sulfonamides is 1. The van der Waals surface area contributed by atoms with E-state index in [1.54, 1.807) is 24.4 Å². The predicted octanol–water partition coefficient (Wildman–Crippen LogP) is 2.76. The third-order valence-corrected chi connectivity index (χ3v) is 6.24. The number of para-hydroxylation sites is 1. The minimum Gasteiger partial charge on any atom is -0.489 e. The summed E-state index contributed by atoms with van der Waals surface area (Å²) in [6.07, 6.45) is 4.41. The molecule has 4 rings (SSSR count). The molecule has 3 aromatic rings. The third kappa shape index (κ3) is 4.23. The number of anilines is 1. The lowest BCUT2D eigenvalue weighted by molar-refractivity contribution is 0.0947. The second-order valence-corrected chi connectivity index (χ2v) is 9.12. The molecule has 0 atom stereocenters. The van der Waals surface area contributed by atoms with Gasteiger partial charge in [0.15, 0.2) is 0 Å².